The Kier molecular flexibility index (Phi) is 8.08. The molecule has 0 saturated heterocycles. The zero-order valence-electron chi connectivity index (χ0n) is 22.8. The second-order valence-electron chi connectivity index (χ2n) is 9.71. The van der Waals surface area contributed by atoms with Gasteiger partial charge < -0.3 is 14.6 Å². The van der Waals surface area contributed by atoms with Crippen molar-refractivity contribution in [2.75, 3.05) is 26.7 Å². The molecule has 1 heterocycles. The number of carbonyl (C=O) groups is 2. The average molecular weight is 532 g/mol. The van der Waals surface area contributed by atoms with Crippen LogP contribution in [-0.4, -0.2) is 48.5 Å². The molecule has 5 rings (SSSR count). The van der Waals surface area contributed by atoms with E-state index in [4.69, 9.17) is 4.74 Å². The number of aromatic amines is 1. The number of fused-ring (bicyclic) bond motifs is 1. The molecule has 0 radical (unpaired) electrons. The molecule has 202 valence electrons. The first kappa shape index (κ1) is 26.9. The normalized spacial score (nSPS) is 11.3. The Morgan fingerprint density at radius 2 is 1.35 bits per heavy atom. The Morgan fingerprint density at radius 1 is 0.800 bits per heavy atom. The second kappa shape index (κ2) is 12.0. The lowest BCUT2D eigenvalue weighted by atomic mass is 9.77. The molecule has 4 aromatic carbocycles. The molecule has 0 unspecified atom stereocenters. The number of hydrogen-bond donors (Lipinski definition) is 2. The van der Waals surface area contributed by atoms with Crippen LogP contribution in [0.5, 0.6) is 0 Å². The number of nitrogens with zero attached hydrogens (tertiary/aromatic N) is 1. The van der Waals surface area contributed by atoms with E-state index in [0.29, 0.717) is 31.0 Å². The molecular weight excluding hydrogens is 498 g/mol. The summed E-state index contributed by atoms with van der Waals surface area (Å²) in [7, 11) is 1.81. The van der Waals surface area contributed by atoms with Crippen LogP contribution in [-0.2, 0) is 10.3 Å². The zero-order valence-corrected chi connectivity index (χ0v) is 22.8. The molecule has 1 amide bonds. The number of H-pyrrole nitrogens is 1. The van der Waals surface area contributed by atoms with Gasteiger partial charge in [-0.2, -0.15) is 0 Å². The van der Waals surface area contributed by atoms with Crippen LogP contribution < -0.4 is 5.32 Å². The number of hydrogen-bond acceptors (Lipinski definition) is 4. The van der Waals surface area contributed by atoms with E-state index in [1.165, 1.54) is 0 Å². The first-order chi connectivity index (χ1) is 19.5. The molecule has 0 saturated carbocycles. The van der Waals surface area contributed by atoms with Gasteiger partial charge in [0.25, 0.3) is 5.91 Å². The van der Waals surface area contributed by atoms with Crippen LogP contribution in [0.2, 0.25) is 0 Å². The Hall–Kier alpha value is -4.68. The number of nitrogens with one attached hydrogen (secondary N) is 2. The van der Waals surface area contributed by atoms with E-state index in [0.717, 1.165) is 27.6 Å². The highest BCUT2D eigenvalue weighted by molar-refractivity contribution is 6.00. The van der Waals surface area contributed by atoms with E-state index in [2.05, 4.69) is 83.1 Å². The number of ether oxygens (including phenoxy) is 1. The second-order valence-corrected chi connectivity index (χ2v) is 9.71. The molecule has 0 spiro atoms. The van der Waals surface area contributed by atoms with Crippen LogP contribution in [0, 0.1) is 0 Å². The van der Waals surface area contributed by atoms with Crippen LogP contribution in [0.15, 0.2) is 115 Å². The summed E-state index contributed by atoms with van der Waals surface area (Å²) in [6.45, 7) is 3.12. The van der Waals surface area contributed by atoms with Crippen LogP contribution in [0.4, 0.5) is 0 Å². The standard InChI is InChI=1S/C34H33N3O3/c1-3-40-33(39)31-24-26-23-25(19-20-30(26)36-31)32(38)37(2)22-21-35-34(27-13-7-4-8-14-27,28-15-9-5-10-16-28)29-17-11-6-12-18-29/h4-20,23-24,35-36H,3,21-22H2,1-2H3. The van der Waals surface area contributed by atoms with E-state index in [-0.39, 0.29) is 5.91 Å². The number of esters is 1. The minimum atomic E-state index is -0.596. The number of amides is 1. The highest BCUT2D eigenvalue weighted by Gasteiger charge is 2.35. The molecule has 6 nitrogen and oxygen atoms in total. The highest BCUT2D eigenvalue weighted by Crippen LogP contribution is 2.36. The molecule has 6 heteroatoms. The minimum absolute atomic E-state index is 0.0904. The third-order valence-corrected chi connectivity index (χ3v) is 7.17. The summed E-state index contributed by atoms with van der Waals surface area (Å²) >= 11 is 0. The Labute approximate surface area is 234 Å². The third-order valence-electron chi connectivity index (χ3n) is 7.17. The lowest BCUT2D eigenvalue weighted by molar-refractivity contribution is 0.0520. The van der Waals surface area contributed by atoms with Gasteiger partial charge in [0.05, 0.1) is 12.1 Å². The lowest BCUT2D eigenvalue weighted by Gasteiger charge is -2.37. The van der Waals surface area contributed by atoms with Gasteiger partial charge >= 0.3 is 5.97 Å². The summed E-state index contributed by atoms with van der Waals surface area (Å²) in [5.74, 6) is -0.499. The van der Waals surface area contributed by atoms with Crippen molar-refractivity contribution in [2.45, 2.75) is 12.5 Å². The Balaban J connectivity index is 1.38. The number of carbonyl (C=O) groups excluding carboxylic acids is 2. The first-order valence-electron chi connectivity index (χ1n) is 13.5. The number of aromatic nitrogens is 1. The highest BCUT2D eigenvalue weighted by atomic mass is 16.5. The van der Waals surface area contributed by atoms with Gasteiger partial charge in [0, 0.05) is 36.6 Å². The zero-order chi connectivity index (χ0) is 28.0. The van der Waals surface area contributed by atoms with Gasteiger partial charge in [-0.3, -0.25) is 10.1 Å². The average Bonchev–Trinajstić information content (AvgIpc) is 3.44. The van der Waals surface area contributed by atoms with Gasteiger partial charge in [0.1, 0.15) is 5.69 Å². The van der Waals surface area contributed by atoms with Gasteiger partial charge in [0.2, 0.25) is 0 Å². The molecule has 2 N–H and O–H groups in total. The minimum Gasteiger partial charge on any atom is -0.461 e. The van der Waals surface area contributed by atoms with E-state index >= 15 is 0 Å². The summed E-state index contributed by atoms with van der Waals surface area (Å²) in [5.41, 5.74) is 4.48. The predicted octanol–water partition coefficient (Wildman–Crippen LogP) is 6.00. The van der Waals surface area contributed by atoms with E-state index in [1.807, 2.05) is 37.4 Å². The lowest BCUT2D eigenvalue weighted by Crippen LogP contribution is -2.47. The Bertz CT molecular complexity index is 1480. The summed E-state index contributed by atoms with van der Waals surface area (Å²) in [4.78, 5) is 30.3. The van der Waals surface area contributed by atoms with Crippen LogP contribution >= 0.6 is 0 Å². The third kappa shape index (κ3) is 5.40. The van der Waals surface area contributed by atoms with Crippen molar-refractivity contribution < 1.29 is 14.3 Å². The number of likely N-dealkylation sites (N-methyl/N-ethyl adjacent to an activating group) is 1. The summed E-state index contributed by atoms with van der Waals surface area (Å²) in [6, 6.07) is 38.3. The topological polar surface area (TPSA) is 74.4 Å². The fraction of sp³-hybridized carbons (Fsp3) is 0.176. The van der Waals surface area contributed by atoms with Crippen molar-refractivity contribution in [1.29, 1.82) is 0 Å². The van der Waals surface area contributed by atoms with Crippen LogP contribution in [0.25, 0.3) is 10.9 Å². The van der Waals surface area contributed by atoms with E-state index in [1.54, 1.807) is 24.0 Å². The maximum absolute atomic E-state index is 13.4. The molecule has 0 bridgehead atoms. The van der Waals surface area contributed by atoms with Gasteiger partial charge in [-0.05, 0) is 47.9 Å². The van der Waals surface area contributed by atoms with E-state index in [9.17, 15) is 9.59 Å². The Morgan fingerprint density at radius 3 is 1.88 bits per heavy atom. The molecule has 40 heavy (non-hydrogen) atoms. The maximum Gasteiger partial charge on any atom is 0.354 e. The molecule has 0 fully saturated rings. The van der Waals surface area contributed by atoms with Crippen molar-refractivity contribution in [1.82, 2.24) is 15.2 Å². The predicted molar refractivity (Wildman–Crippen MR) is 158 cm³/mol. The van der Waals surface area contributed by atoms with Crippen LogP contribution in [0.3, 0.4) is 0 Å². The summed E-state index contributed by atoms with van der Waals surface area (Å²) in [5, 5.41) is 4.62. The van der Waals surface area contributed by atoms with Crippen molar-refractivity contribution in [2.24, 2.45) is 0 Å². The largest absolute Gasteiger partial charge is 0.461 e. The first-order valence-corrected chi connectivity index (χ1v) is 13.5. The van der Waals surface area contributed by atoms with Crippen molar-refractivity contribution >= 4 is 22.8 Å². The summed E-state index contributed by atoms with van der Waals surface area (Å²) < 4.78 is 5.09. The maximum atomic E-state index is 13.4. The quantitative estimate of drug-likeness (QED) is 0.171. The molecule has 5 aromatic rings. The molecule has 0 aliphatic heterocycles. The number of benzene rings is 4. The van der Waals surface area contributed by atoms with Gasteiger partial charge in [-0.25, -0.2) is 4.79 Å². The number of rotatable bonds is 10. The molecule has 0 atom stereocenters. The van der Waals surface area contributed by atoms with Crippen molar-refractivity contribution in [3.63, 3.8) is 0 Å². The smallest absolute Gasteiger partial charge is 0.354 e. The SMILES string of the molecule is CCOC(=O)c1cc2cc(C(=O)N(C)CCNC(c3ccccc3)(c3ccccc3)c3ccccc3)ccc2[nH]1. The molecule has 0 aliphatic carbocycles. The van der Waals surface area contributed by atoms with Crippen LogP contribution in [0.1, 0.15) is 44.5 Å². The molecule has 1 aromatic heterocycles. The van der Waals surface area contributed by atoms with Crippen molar-refractivity contribution in [3.05, 3.63) is 143 Å². The van der Waals surface area contributed by atoms with Gasteiger partial charge in [-0.15, -0.1) is 0 Å². The molecular formula is C34H33N3O3. The monoisotopic (exact) mass is 531 g/mol. The fourth-order valence-electron chi connectivity index (χ4n) is 5.19. The van der Waals surface area contributed by atoms with Gasteiger partial charge in [0.15, 0.2) is 0 Å². The molecule has 0 aliphatic rings. The van der Waals surface area contributed by atoms with Crippen molar-refractivity contribution in [3.8, 4) is 0 Å². The van der Waals surface area contributed by atoms with E-state index < -0.39 is 11.5 Å². The summed E-state index contributed by atoms with van der Waals surface area (Å²) in [6.07, 6.45) is 0. The fourth-order valence-corrected chi connectivity index (χ4v) is 5.19. The van der Waals surface area contributed by atoms with Gasteiger partial charge in [-0.1, -0.05) is 91.0 Å².